The van der Waals surface area contributed by atoms with Gasteiger partial charge in [-0.3, -0.25) is 9.97 Å². The second kappa shape index (κ2) is 16.1. The van der Waals surface area contributed by atoms with Gasteiger partial charge in [-0.1, -0.05) is 58.1 Å². The largest absolute Gasteiger partial charge is 0.261 e. The van der Waals surface area contributed by atoms with Gasteiger partial charge in [0.25, 0.3) is 0 Å². The number of nitrogens with zero attached hydrogens (tertiary/aromatic N) is 2. The lowest BCUT2D eigenvalue weighted by molar-refractivity contribution is 0.343. The molecule has 2 unspecified atom stereocenters. The van der Waals surface area contributed by atoms with Crippen molar-refractivity contribution in [3.05, 3.63) is 73.0 Å². The fraction of sp³-hybridized carbons (Fsp3) is 0.571. The number of pyridine rings is 2. The molecule has 2 nitrogen and oxygen atoms in total. The van der Waals surface area contributed by atoms with Crippen molar-refractivity contribution in [3.63, 3.8) is 0 Å². The van der Waals surface area contributed by atoms with E-state index in [0.717, 1.165) is 18.8 Å². The number of hydrogen-bond acceptors (Lipinski definition) is 2. The molecule has 2 heterocycles. The summed E-state index contributed by atoms with van der Waals surface area (Å²) in [7, 11) is 0. The van der Waals surface area contributed by atoms with Gasteiger partial charge in [0.15, 0.2) is 0 Å². The summed E-state index contributed by atoms with van der Waals surface area (Å²) in [6.07, 6.45) is 24.0. The van der Waals surface area contributed by atoms with Gasteiger partial charge in [-0.05, 0) is 93.9 Å². The Bertz CT molecular complexity index is 626. The van der Waals surface area contributed by atoms with Crippen molar-refractivity contribution < 1.29 is 0 Å². The number of rotatable bonds is 17. The van der Waals surface area contributed by atoms with Gasteiger partial charge < -0.3 is 0 Å². The molecule has 0 N–H and O–H groups in total. The van der Waals surface area contributed by atoms with E-state index in [2.05, 4.69) is 60.9 Å². The van der Waals surface area contributed by atoms with Crippen LogP contribution in [-0.2, 0) is 12.8 Å². The Morgan fingerprint density at radius 1 is 0.667 bits per heavy atom. The first kappa shape index (κ1) is 24.6. The molecule has 2 rings (SSSR count). The highest BCUT2D eigenvalue weighted by molar-refractivity contribution is 5.04. The average Bonchev–Trinajstić information content (AvgIpc) is 2.79. The molecule has 0 aliphatic rings. The van der Waals surface area contributed by atoms with E-state index in [9.17, 15) is 0 Å². The zero-order valence-electron chi connectivity index (χ0n) is 19.3. The van der Waals surface area contributed by atoms with E-state index >= 15 is 0 Å². The van der Waals surface area contributed by atoms with Crippen LogP contribution in [0.25, 0.3) is 0 Å². The molecule has 2 radical (unpaired) electrons. The fourth-order valence-corrected chi connectivity index (χ4v) is 4.28. The van der Waals surface area contributed by atoms with Crippen molar-refractivity contribution in [1.82, 2.24) is 9.97 Å². The van der Waals surface area contributed by atoms with Gasteiger partial charge >= 0.3 is 0 Å². The zero-order valence-corrected chi connectivity index (χ0v) is 19.3. The first-order valence-corrected chi connectivity index (χ1v) is 12.3. The average molecular weight is 407 g/mol. The summed E-state index contributed by atoms with van der Waals surface area (Å²) < 4.78 is 0. The Hall–Kier alpha value is -1.70. The molecular weight excluding hydrogens is 364 g/mol. The molecule has 0 aliphatic heterocycles. The summed E-state index contributed by atoms with van der Waals surface area (Å²) in [6.45, 7) is 4.62. The van der Waals surface area contributed by atoms with Crippen LogP contribution in [0.15, 0.2) is 48.8 Å². The normalized spacial score (nSPS) is 13.3. The van der Waals surface area contributed by atoms with Crippen molar-refractivity contribution in [2.24, 2.45) is 11.8 Å². The minimum absolute atomic E-state index is 0.709. The summed E-state index contributed by atoms with van der Waals surface area (Å²) in [6, 6.07) is 12.5. The van der Waals surface area contributed by atoms with Gasteiger partial charge in [0, 0.05) is 23.8 Å². The van der Waals surface area contributed by atoms with Gasteiger partial charge in [-0.2, -0.15) is 0 Å². The van der Waals surface area contributed by atoms with Crippen LogP contribution >= 0.6 is 0 Å². The van der Waals surface area contributed by atoms with Gasteiger partial charge in [0.2, 0.25) is 0 Å². The van der Waals surface area contributed by atoms with Crippen molar-refractivity contribution in [2.45, 2.75) is 90.9 Å². The summed E-state index contributed by atoms with van der Waals surface area (Å²) in [5.74, 6) is 1.45. The Kier molecular flexibility index (Phi) is 13.1. The predicted octanol–water partition coefficient (Wildman–Crippen LogP) is 7.84. The first-order valence-electron chi connectivity index (χ1n) is 12.3. The monoisotopic (exact) mass is 406 g/mol. The van der Waals surface area contributed by atoms with Gasteiger partial charge in [0.05, 0.1) is 0 Å². The maximum Gasteiger partial charge on any atom is 0.0403 e. The molecule has 2 atom stereocenters. The highest BCUT2D eigenvalue weighted by Crippen LogP contribution is 2.31. The molecule has 0 aliphatic carbocycles. The Morgan fingerprint density at radius 3 is 1.83 bits per heavy atom. The van der Waals surface area contributed by atoms with Crippen LogP contribution < -0.4 is 0 Å². The topological polar surface area (TPSA) is 25.8 Å². The zero-order chi connectivity index (χ0) is 21.3. The van der Waals surface area contributed by atoms with E-state index in [0.29, 0.717) is 5.92 Å². The molecule has 0 amide bonds. The van der Waals surface area contributed by atoms with E-state index in [1.807, 2.05) is 24.5 Å². The molecule has 0 fully saturated rings. The van der Waals surface area contributed by atoms with Crippen LogP contribution in [0.1, 0.15) is 89.4 Å². The van der Waals surface area contributed by atoms with E-state index < -0.39 is 0 Å². The smallest absolute Gasteiger partial charge is 0.0403 e. The molecule has 164 valence electrons. The van der Waals surface area contributed by atoms with Crippen LogP contribution in [0.5, 0.6) is 0 Å². The molecule has 0 saturated carbocycles. The molecular formula is C28H42N2. The molecule has 0 spiro atoms. The van der Waals surface area contributed by atoms with Crippen LogP contribution in [0, 0.1) is 24.7 Å². The number of hydrogen-bond donors (Lipinski definition) is 0. The predicted molar refractivity (Wildman–Crippen MR) is 129 cm³/mol. The lowest BCUT2D eigenvalue weighted by atomic mass is 9.78. The summed E-state index contributed by atoms with van der Waals surface area (Å²) >= 11 is 0. The van der Waals surface area contributed by atoms with Crippen molar-refractivity contribution in [1.29, 1.82) is 0 Å². The number of aromatic nitrogens is 2. The molecule has 0 saturated heterocycles. The lowest BCUT2D eigenvalue weighted by Crippen LogP contribution is -2.17. The second-order valence-corrected chi connectivity index (χ2v) is 8.51. The molecule has 0 aromatic carbocycles. The lowest BCUT2D eigenvalue weighted by Gasteiger charge is -2.27. The third-order valence-corrected chi connectivity index (χ3v) is 5.98. The summed E-state index contributed by atoms with van der Waals surface area (Å²) in [5.41, 5.74) is 2.45. The SMILES string of the molecule is CCCC[CH]C(CCC)C([CH]CCCCc1ccccn1)CCCc1ccccn1. The number of aryl methyl sites for hydroxylation is 2. The third kappa shape index (κ3) is 10.4. The van der Waals surface area contributed by atoms with Gasteiger partial charge in [-0.25, -0.2) is 0 Å². The maximum absolute atomic E-state index is 4.51. The number of unbranched alkanes of at least 4 members (excludes halogenated alkanes) is 4. The molecule has 2 heteroatoms. The standard InChI is InChI=1S/C28H42N2/c1-3-5-7-16-25(15-4-2)26(18-14-22-28-21-11-13-24-30-28)17-8-6-9-19-27-20-10-12-23-29-27/h10-13,16-17,20-21,23-26H,3-9,14-15,18-19,22H2,1-2H3. The second-order valence-electron chi connectivity index (χ2n) is 8.51. The molecule has 0 bridgehead atoms. The van der Waals surface area contributed by atoms with Crippen molar-refractivity contribution >= 4 is 0 Å². The first-order chi connectivity index (χ1) is 14.8. The summed E-state index contributed by atoms with van der Waals surface area (Å²) in [5, 5.41) is 0. The molecule has 2 aromatic rings. The van der Waals surface area contributed by atoms with E-state index in [-0.39, 0.29) is 0 Å². The van der Waals surface area contributed by atoms with E-state index in [1.165, 1.54) is 75.6 Å². The van der Waals surface area contributed by atoms with E-state index in [4.69, 9.17) is 0 Å². The third-order valence-electron chi connectivity index (χ3n) is 5.98. The molecule has 2 aromatic heterocycles. The fourth-order valence-electron chi connectivity index (χ4n) is 4.28. The van der Waals surface area contributed by atoms with Crippen LogP contribution in [0.2, 0.25) is 0 Å². The summed E-state index contributed by atoms with van der Waals surface area (Å²) in [4.78, 5) is 8.96. The van der Waals surface area contributed by atoms with Crippen LogP contribution in [0.3, 0.4) is 0 Å². The Labute approximate surface area is 185 Å². The minimum Gasteiger partial charge on any atom is -0.261 e. The van der Waals surface area contributed by atoms with E-state index in [1.54, 1.807) is 0 Å². The Balaban J connectivity index is 1.80. The van der Waals surface area contributed by atoms with Gasteiger partial charge in [0.1, 0.15) is 0 Å². The highest BCUT2D eigenvalue weighted by atomic mass is 14.7. The van der Waals surface area contributed by atoms with Crippen molar-refractivity contribution in [3.8, 4) is 0 Å². The molecule has 30 heavy (non-hydrogen) atoms. The Morgan fingerprint density at radius 2 is 1.27 bits per heavy atom. The van der Waals surface area contributed by atoms with Crippen LogP contribution in [0.4, 0.5) is 0 Å². The van der Waals surface area contributed by atoms with Gasteiger partial charge in [-0.15, -0.1) is 0 Å². The van der Waals surface area contributed by atoms with Crippen molar-refractivity contribution in [2.75, 3.05) is 0 Å². The quantitative estimate of drug-likeness (QED) is 0.250. The minimum atomic E-state index is 0.709. The maximum atomic E-state index is 4.51. The van der Waals surface area contributed by atoms with Crippen LogP contribution in [-0.4, -0.2) is 9.97 Å². The highest BCUT2D eigenvalue weighted by Gasteiger charge is 2.20.